The lowest BCUT2D eigenvalue weighted by atomic mass is 10.3. The lowest BCUT2D eigenvalue weighted by Crippen LogP contribution is -2.28. The SMILES string of the molecule is CCn1nccc1C(=O)NCCc1nc(C)cc(C(F)(F)F)n1. The second kappa shape index (κ2) is 6.76. The Balaban J connectivity index is 1.99. The third kappa shape index (κ3) is 4.27. The molecule has 1 N–H and O–H groups in total. The minimum Gasteiger partial charge on any atom is -0.350 e. The van der Waals surface area contributed by atoms with Crippen molar-refractivity contribution in [1.82, 2.24) is 25.1 Å². The van der Waals surface area contributed by atoms with Crippen molar-refractivity contribution < 1.29 is 18.0 Å². The van der Waals surface area contributed by atoms with E-state index in [0.717, 1.165) is 6.07 Å². The topological polar surface area (TPSA) is 72.7 Å². The first-order chi connectivity index (χ1) is 10.8. The molecular weight excluding hydrogens is 311 g/mol. The van der Waals surface area contributed by atoms with Crippen molar-refractivity contribution in [2.45, 2.75) is 33.0 Å². The molecule has 0 fully saturated rings. The van der Waals surface area contributed by atoms with Crippen LogP contribution in [-0.4, -0.2) is 32.2 Å². The number of carbonyl (C=O) groups excluding carboxylic acids is 1. The van der Waals surface area contributed by atoms with Crippen molar-refractivity contribution in [1.29, 1.82) is 0 Å². The van der Waals surface area contributed by atoms with Gasteiger partial charge in [0.15, 0.2) is 0 Å². The molecule has 2 aromatic rings. The average Bonchev–Trinajstić information content (AvgIpc) is 2.94. The second-order valence-electron chi connectivity index (χ2n) is 4.85. The van der Waals surface area contributed by atoms with E-state index in [1.54, 1.807) is 6.07 Å². The predicted molar refractivity (Wildman–Crippen MR) is 75.7 cm³/mol. The predicted octanol–water partition coefficient (Wildman–Crippen LogP) is 1.99. The summed E-state index contributed by atoms with van der Waals surface area (Å²) in [4.78, 5) is 19.4. The van der Waals surface area contributed by atoms with E-state index in [-0.39, 0.29) is 30.4 Å². The summed E-state index contributed by atoms with van der Waals surface area (Å²) in [5.41, 5.74) is -0.346. The summed E-state index contributed by atoms with van der Waals surface area (Å²) in [5.74, 6) is -0.297. The Morgan fingerprint density at radius 2 is 2.09 bits per heavy atom. The highest BCUT2D eigenvalue weighted by Gasteiger charge is 2.33. The summed E-state index contributed by atoms with van der Waals surface area (Å²) in [6.07, 6.45) is -2.90. The number of hydrogen-bond donors (Lipinski definition) is 1. The first kappa shape index (κ1) is 16.9. The lowest BCUT2D eigenvalue weighted by molar-refractivity contribution is -0.141. The summed E-state index contributed by atoms with van der Waals surface area (Å²) >= 11 is 0. The van der Waals surface area contributed by atoms with Crippen molar-refractivity contribution in [2.75, 3.05) is 6.54 Å². The van der Waals surface area contributed by atoms with Gasteiger partial charge in [0, 0.05) is 31.4 Å². The maximum Gasteiger partial charge on any atom is 0.433 e. The summed E-state index contributed by atoms with van der Waals surface area (Å²) in [7, 11) is 0. The zero-order valence-corrected chi connectivity index (χ0v) is 12.7. The zero-order valence-electron chi connectivity index (χ0n) is 12.7. The molecule has 0 radical (unpaired) electrons. The van der Waals surface area contributed by atoms with Crippen molar-refractivity contribution in [3.05, 3.63) is 41.2 Å². The molecule has 0 aliphatic heterocycles. The van der Waals surface area contributed by atoms with E-state index >= 15 is 0 Å². The van der Waals surface area contributed by atoms with E-state index < -0.39 is 11.9 Å². The Morgan fingerprint density at radius 1 is 1.35 bits per heavy atom. The van der Waals surface area contributed by atoms with E-state index in [1.165, 1.54) is 17.8 Å². The van der Waals surface area contributed by atoms with Gasteiger partial charge in [-0.05, 0) is 26.0 Å². The fraction of sp³-hybridized carbons (Fsp3) is 0.429. The van der Waals surface area contributed by atoms with Crippen LogP contribution in [0, 0.1) is 6.92 Å². The molecule has 0 unspecified atom stereocenters. The van der Waals surface area contributed by atoms with Gasteiger partial charge in [-0.1, -0.05) is 0 Å². The van der Waals surface area contributed by atoms with Gasteiger partial charge in [0.2, 0.25) is 0 Å². The van der Waals surface area contributed by atoms with Crippen LogP contribution in [0.25, 0.3) is 0 Å². The maximum absolute atomic E-state index is 12.7. The molecule has 0 saturated heterocycles. The summed E-state index contributed by atoms with van der Waals surface area (Å²) in [5, 5.41) is 6.60. The number of nitrogens with zero attached hydrogens (tertiary/aromatic N) is 4. The molecule has 0 saturated carbocycles. The number of hydrogen-bond acceptors (Lipinski definition) is 4. The highest BCUT2D eigenvalue weighted by Crippen LogP contribution is 2.27. The molecule has 0 aliphatic carbocycles. The Morgan fingerprint density at radius 3 is 2.74 bits per heavy atom. The molecule has 2 rings (SSSR count). The molecule has 23 heavy (non-hydrogen) atoms. The minimum absolute atomic E-state index is 0.0432. The molecule has 9 heteroatoms. The van der Waals surface area contributed by atoms with Crippen LogP contribution < -0.4 is 5.32 Å². The number of carbonyl (C=O) groups is 1. The minimum atomic E-state index is -4.51. The fourth-order valence-electron chi connectivity index (χ4n) is 2.04. The number of amides is 1. The van der Waals surface area contributed by atoms with Crippen LogP contribution in [0.1, 0.15) is 34.6 Å². The van der Waals surface area contributed by atoms with Crippen LogP contribution in [-0.2, 0) is 19.1 Å². The average molecular weight is 327 g/mol. The first-order valence-electron chi connectivity index (χ1n) is 7.03. The van der Waals surface area contributed by atoms with Gasteiger partial charge in [0.25, 0.3) is 5.91 Å². The maximum atomic E-state index is 12.7. The number of aromatic nitrogens is 4. The van der Waals surface area contributed by atoms with E-state index in [1.807, 2.05) is 6.92 Å². The van der Waals surface area contributed by atoms with Crippen LogP contribution in [0.5, 0.6) is 0 Å². The monoisotopic (exact) mass is 327 g/mol. The highest BCUT2D eigenvalue weighted by molar-refractivity contribution is 5.92. The fourth-order valence-corrected chi connectivity index (χ4v) is 2.04. The van der Waals surface area contributed by atoms with Gasteiger partial charge in [-0.3, -0.25) is 9.48 Å². The van der Waals surface area contributed by atoms with Crippen LogP contribution in [0.15, 0.2) is 18.3 Å². The molecule has 124 valence electrons. The quantitative estimate of drug-likeness (QED) is 0.911. The molecule has 0 bridgehead atoms. The van der Waals surface area contributed by atoms with E-state index in [0.29, 0.717) is 12.2 Å². The highest BCUT2D eigenvalue weighted by atomic mass is 19.4. The van der Waals surface area contributed by atoms with Crippen molar-refractivity contribution in [3.8, 4) is 0 Å². The number of halogens is 3. The second-order valence-corrected chi connectivity index (χ2v) is 4.85. The molecule has 0 aromatic carbocycles. The number of rotatable bonds is 5. The molecule has 0 spiro atoms. The summed E-state index contributed by atoms with van der Waals surface area (Å²) in [6, 6.07) is 2.46. The van der Waals surface area contributed by atoms with E-state index in [9.17, 15) is 18.0 Å². The Hall–Kier alpha value is -2.45. The van der Waals surface area contributed by atoms with Gasteiger partial charge in [-0.2, -0.15) is 18.3 Å². The summed E-state index contributed by atoms with van der Waals surface area (Å²) < 4.78 is 39.6. The molecule has 1 amide bonds. The zero-order chi connectivity index (χ0) is 17.0. The number of alkyl halides is 3. The third-order valence-corrected chi connectivity index (χ3v) is 3.07. The van der Waals surface area contributed by atoms with Crippen LogP contribution >= 0.6 is 0 Å². The molecule has 0 atom stereocenters. The summed E-state index contributed by atoms with van der Waals surface area (Å²) in [6.45, 7) is 4.00. The van der Waals surface area contributed by atoms with Gasteiger partial charge < -0.3 is 5.32 Å². The van der Waals surface area contributed by atoms with Crippen LogP contribution in [0.3, 0.4) is 0 Å². The van der Waals surface area contributed by atoms with Gasteiger partial charge in [0.1, 0.15) is 17.2 Å². The van der Waals surface area contributed by atoms with E-state index in [4.69, 9.17) is 0 Å². The molecular formula is C14H16F3N5O. The molecule has 2 heterocycles. The first-order valence-corrected chi connectivity index (χ1v) is 7.03. The Kier molecular flexibility index (Phi) is 4.97. The van der Waals surface area contributed by atoms with Gasteiger partial charge >= 0.3 is 6.18 Å². The van der Waals surface area contributed by atoms with Crippen molar-refractivity contribution in [2.24, 2.45) is 0 Å². The molecule has 6 nitrogen and oxygen atoms in total. The largest absolute Gasteiger partial charge is 0.433 e. The lowest BCUT2D eigenvalue weighted by Gasteiger charge is -2.09. The van der Waals surface area contributed by atoms with Gasteiger partial charge in [-0.25, -0.2) is 9.97 Å². The van der Waals surface area contributed by atoms with Gasteiger partial charge in [-0.15, -0.1) is 0 Å². The Labute approximate surface area is 130 Å². The number of aryl methyl sites for hydroxylation is 2. The normalized spacial score (nSPS) is 11.5. The Bertz CT molecular complexity index is 696. The standard InChI is InChI=1S/C14H16F3N5O/c1-3-22-10(4-7-19-22)13(23)18-6-5-12-20-9(2)8-11(21-12)14(15,16)17/h4,7-8H,3,5-6H2,1-2H3,(H,18,23). The molecule has 2 aromatic heterocycles. The van der Waals surface area contributed by atoms with E-state index in [2.05, 4.69) is 20.4 Å². The van der Waals surface area contributed by atoms with Crippen LogP contribution in [0.4, 0.5) is 13.2 Å². The van der Waals surface area contributed by atoms with Crippen molar-refractivity contribution in [3.63, 3.8) is 0 Å². The van der Waals surface area contributed by atoms with Crippen molar-refractivity contribution >= 4 is 5.91 Å². The smallest absolute Gasteiger partial charge is 0.350 e. The van der Waals surface area contributed by atoms with Gasteiger partial charge in [0.05, 0.1) is 0 Å². The number of nitrogens with one attached hydrogen (secondary N) is 1. The van der Waals surface area contributed by atoms with Crippen LogP contribution in [0.2, 0.25) is 0 Å². The molecule has 0 aliphatic rings. The third-order valence-electron chi connectivity index (χ3n) is 3.07.